The fourth-order valence-electron chi connectivity index (χ4n) is 1.71. The van der Waals surface area contributed by atoms with E-state index in [-0.39, 0.29) is 5.52 Å². The summed E-state index contributed by atoms with van der Waals surface area (Å²) in [6, 6.07) is 3.95. The van der Waals surface area contributed by atoms with E-state index in [9.17, 15) is 13.2 Å². The Morgan fingerprint density at radius 2 is 1.94 bits per heavy atom. The van der Waals surface area contributed by atoms with Crippen LogP contribution in [-0.2, 0) is 12.6 Å². The summed E-state index contributed by atoms with van der Waals surface area (Å²) in [5.74, 6) is 0. The summed E-state index contributed by atoms with van der Waals surface area (Å²) in [4.78, 5) is 7.68. The molecule has 2 rings (SSSR count). The van der Waals surface area contributed by atoms with Crippen molar-refractivity contribution in [1.82, 2.24) is 9.97 Å². The first kappa shape index (κ1) is 11.8. The lowest BCUT2D eigenvalue weighted by Crippen LogP contribution is -2.09. The number of halogens is 3. The molecule has 1 aromatic carbocycles. The van der Waals surface area contributed by atoms with Crippen molar-refractivity contribution in [2.24, 2.45) is 5.73 Å². The van der Waals surface area contributed by atoms with E-state index in [0.717, 1.165) is 12.4 Å². The Bertz CT molecular complexity index is 537. The quantitative estimate of drug-likeness (QED) is 0.876. The van der Waals surface area contributed by atoms with Crippen LogP contribution in [0.5, 0.6) is 0 Å². The van der Waals surface area contributed by atoms with E-state index in [1.54, 1.807) is 6.07 Å². The third-order valence-corrected chi connectivity index (χ3v) is 2.43. The third kappa shape index (κ3) is 2.21. The number of hydrogen-bond acceptors (Lipinski definition) is 3. The molecule has 0 spiro atoms. The van der Waals surface area contributed by atoms with Gasteiger partial charge in [0, 0.05) is 11.8 Å². The molecule has 0 aliphatic carbocycles. The van der Waals surface area contributed by atoms with Crippen molar-refractivity contribution in [3.8, 4) is 0 Å². The van der Waals surface area contributed by atoms with E-state index in [2.05, 4.69) is 9.97 Å². The molecule has 90 valence electrons. The van der Waals surface area contributed by atoms with Gasteiger partial charge in [0.2, 0.25) is 0 Å². The summed E-state index contributed by atoms with van der Waals surface area (Å²) in [7, 11) is 0. The van der Waals surface area contributed by atoms with Crippen LogP contribution in [0.4, 0.5) is 13.2 Å². The number of rotatable bonds is 2. The maximum absolute atomic E-state index is 12.8. The van der Waals surface area contributed by atoms with Gasteiger partial charge in [0.1, 0.15) is 6.33 Å². The Hall–Kier alpha value is -1.69. The standard InChI is InChI=1S/C11H10F3N3/c12-11(13,14)8-3-1-2-7-9(4-5-15)16-6-17-10(7)8/h1-3,6H,4-5,15H2. The first-order valence-electron chi connectivity index (χ1n) is 5.04. The molecule has 2 aromatic rings. The molecule has 1 heterocycles. The maximum atomic E-state index is 12.8. The fourth-order valence-corrected chi connectivity index (χ4v) is 1.71. The number of nitrogens with zero attached hydrogens (tertiary/aromatic N) is 2. The minimum Gasteiger partial charge on any atom is -0.330 e. The molecule has 0 saturated heterocycles. The van der Waals surface area contributed by atoms with Crippen LogP contribution < -0.4 is 5.73 Å². The number of alkyl halides is 3. The first-order chi connectivity index (χ1) is 8.04. The molecule has 0 radical (unpaired) electrons. The van der Waals surface area contributed by atoms with Gasteiger partial charge in [-0.1, -0.05) is 12.1 Å². The summed E-state index contributed by atoms with van der Waals surface area (Å²) in [6.07, 6.45) is -2.84. The van der Waals surface area contributed by atoms with E-state index in [4.69, 9.17) is 5.73 Å². The second-order valence-electron chi connectivity index (χ2n) is 3.56. The van der Waals surface area contributed by atoms with Gasteiger partial charge in [-0.15, -0.1) is 0 Å². The van der Waals surface area contributed by atoms with E-state index < -0.39 is 11.7 Å². The highest BCUT2D eigenvalue weighted by molar-refractivity contribution is 5.84. The Balaban J connectivity index is 2.70. The highest BCUT2D eigenvalue weighted by Gasteiger charge is 2.33. The van der Waals surface area contributed by atoms with Crippen molar-refractivity contribution in [3.63, 3.8) is 0 Å². The van der Waals surface area contributed by atoms with Gasteiger partial charge < -0.3 is 5.73 Å². The number of nitrogens with two attached hydrogens (primary N) is 1. The predicted molar refractivity (Wildman–Crippen MR) is 57.3 cm³/mol. The molecular weight excluding hydrogens is 231 g/mol. The molecule has 1 aromatic heterocycles. The van der Waals surface area contributed by atoms with E-state index in [1.165, 1.54) is 6.07 Å². The van der Waals surface area contributed by atoms with Crippen molar-refractivity contribution in [2.75, 3.05) is 6.54 Å². The number of aromatic nitrogens is 2. The molecule has 0 unspecified atom stereocenters. The van der Waals surface area contributed by atoms with Gasteiger partial charge >= 0.3 is 6.18 Å². The molecule has 0 aliphatic rings. The van der Waals surface area contributed by atoms with Crippen molar-refractivity contribution in [2.45, 2.75) is 12.6 Å². The Labute approximate surface area is 95.5 Å². The highest BCUT2D eigenvalue weighted by atomic mass is 19.4. The van der Waals surface area contributed by atoms with Crippen LogP contribution in [0, 0.1) is 0 Å². The Morgan fingerprint density at radius 1 is 1.18 bits per heavy atom. The fraction of sp³-hybridized carbons (Fsp3) is 0.273. The van der Waals surface area contributed by atoms with Crippen molar-refractivity contribution in [3.05, 3.63) is 35.8 Å². The number of benzene rings is 1. The Morgan fingerprint density at radius 3 is 2.59 bits per heavy atom. The molecule has 2 N–H and O–H groups in total. The zero-order valence-corrected chi connectivity index (χ0v) is 8.83. The molecule has 6 heteroatoms. The lowest BCUT2D eigenvalue weighted by molar-refractivity contribution is -0.136. The van der Waals surface area contributed by atoms with Crippen LogP contribution in [0.3, 0.4) is 0 Å². The summed E-state index contributed by atoms with van der Waals surface area (Å²) in [5.41, 5.74) is 5.13. The van der Waals surface area contributed by atoms with Gasteiger partial charge in [0.15, 0.2) is 0 Å². The van der Waals surface area contributed by atoms with Gasteiger partial charge in [0.05, 0.1) is 16.8 Å². The molecular formula is C11H10F3N3. The number of hydrogen-bond donors (Lipinski definition) is 1. The van der Waals surface area contributed by atoms with Gasteiger partial charge in [0.25, 0.3) is 0 Å². The van der Waals surface area contributed by atoms with Gasteiger partial charge in [-0.05, 0) is 12.6 Å². The Kier molecular flexibility index (Phi) is 2.97. The summed E-state index contributed by atoms with van der Waals surface area (Å²) < 4.78 is 38.3. The smallest absolute Gasteiger partial charge is 0.330 e. The van der Waals surface area contributed by atoms with Crippen molar-refractivity contribution in [1.29, 1.82) is 0 Å². The van der Waals surface area contributed by atoms with Crippen LogP contribution in [-0.4, -0.2) is 16.5 Å². The molecule has 0 bridgehead atoms. The van der Waals surface area contributed by atoms with Crippen molar-refractivity contribution < 1.29 is 13.2 Å². The molecule has 0 fully saturated rings. The summed E-state index contributed by atoms with van der Waals surface area (Å²) in [5, 5.41) is 0.410. The summed E-state index contributed by atoms with van der Waals surface area (Å²) in [6.45, 7) is 0.336. The zero-order chi connectivity index (χ0) is 12.5. The molecule has 3 nitrogen and oxygen atoms in total. The van der Waals surface area contributed by atoms with E-state index in [0.29, 0.717) is 24.0 Å². The second kappa shape index (κ2) is 4.29. The minimum absolute atomic E-state index is 0.0709. The van der Waals surface area contributed by atoms with E-state index >= 15 is 0 Å². The van der Waals surface area contributed by atoms with Gasteiger partial charge in [-0.25, -0.2) is 9.97 Å². The predicted octanol–water partition coefficient (Wildman–Crippen LogP) is 2.15. The van der Waals surface area contributed by atoms with Crippen LogP contribution in [0.25, 0.3) is 10.9 Å². The lowest BCUT2D eigenvalue weighted by Gasteiger charge is -2.10. The second-order valence-corrected chi connectivity index (χ2v) is 3.56. The highest BCUT2D eigenvalue weighted by Crippen LogP contribution is 2.34. The minimum atomic E-state index is -4.41. The van der Waals surface area contributed by atoms with E-state index in [1.807, 2.05) is 0 Å². The monoisotopic (exact) mass is 241 g/mol. The number of fused-ring (bicyclic) bond motifs is 1. The van der Waals surface area contributed by atoms with Crippen LogP contribution >= 0.6 is 0 Å². The molecule has 0 atom stereocenters. The average Bonchev–Trinajstić information content (AvgIpc) is 2.28. The van der Waals surface area contributed by atoms with Crippen LogP contribution in [0.15, 0.2) is 24.5 Å². The molecule has 0 aliphatic heterocycles. The SMILES string of the molecule is NCCc1ncnc2c(C(F)(F)F)cccc12. The first-order valence-corrected chi connectivity index (χ1v) is 5.04. The molecule has 17 heavy (non-hydrogen) atoms. The maximum Gasteiger partial charge on any atom is 0.418 e. The van der Waals surface area contributed by atoms with Crippen LogP contribution in [0.1, 0.15) is 11.3 Å². The van der Waals surface area contributed by atoms with Crippen LogP contribution in [0.2, 0.25) is 0 Å². The largest absolute Gasteiger partial charge is 0.418 e. The molecule has 0 amide bonds. The average molecular weight is 241 g/mol. The van der Waals surface area contributed by atoms with Gasteiger partial charge in [-0.3, -0.25) is 0 Å². The zero-order valence-electron chi connectivity index (χ0n) is 8.83. The number of para-hydroxylation sites is 1. The normalized spacial score (nSPS) is 12.0. The molecule has 0 saturated carbocycles. The van der Waals surface area contributed by atoms with Crippen molar-refractivity contribution >= 4 is 10.9 Å². The summed E-state index contributed by atoms with van der Waals surface area (Å²) >= 11 is 0. The topological polar surface area (TPSA) is 51.8 Å². The van der Waals surface area contributed by atoms with Gasteiger partial charge in [-0.2, -0.15) is 13.2 Å². The lowest BCUT2D eigenvalue weighted by atomic mass is 10.1. The third-order valence-electron chi connectivity index (χ3n) is 2.43.